The van der Waals surface area contributed by atoms with Crippen LogP contribution >= 0.6 is 12.6 Å². The van der Waals surface area contributed by atoms with Crippen molar-refractivity contribution in [3.05, 3.63) is 29.8 Å². The number of amides is 3. The van der Waals surface area contributed by atoms with E-state index in [1.807, 2.05) is 0 Å². The lowest BCUT2D eigenvalue weighted by molar-refractivity contribution is -0.143. The maximum absolute atomic E-state index is 12.7. The van der Waals surface area contributed by atoms with E-state index in [1.165, 1.54) is 31.2 Å². The second-order valence-corrected chi connectivity index (χ2v) is 7.81. The second kappa shape index (κ2) is 13.4. The lowest BCUT2D eigenvalue weighted by Crippen LogP contribution is -2.60. The molecule has 0 fully saturated rings. The number of aliphatic carboxylic acids is 2. The fraction of sp³-hybridized carbons (Fsp3) is 0.450. The van der Waals surface area contributed by atoms with Crippen molar-refractivity contribution in [2.75, 3.05) is 5.75 Å². The summed E-state index contributed by atoms with van der Waals surface area (Å²) < 4.78 is 0. The van der Waals surface area contributed by atoms with E-state index >= 15 is 0 Å². The van der Waals surface area contributed by atoms with Crippen LogP contribution in [0.2, 0.25) is 0 Å². The van der Waals surface area contributed by atoms with E-state index in [2.05, 4.69) is 28.6 Å². The summed E-state index contributed by atoms with van der Waals surface area (Å²) in [6, 6.07) is -0.102. The number of aromatic hydroxyl groups is 1. The fourth-order valence-electron chi connectivity index (χ4n) is 2.74. The van der Waals surface area contributed by atoms with Crippen molar-refractivity contribution in [1.82, 2.24) is 16.0 Å². The molecule has 5 atom stereocenters. The first-order valence-electron chi connectivity index (χ1n) is 10.0. The first-order valence-corrected chi connectivity index (χ1v) is 10.7. The topological polar surface area (TPSA) is 228 Å². The predicted octanol–water partition coefficient (Wildman–Crippen LogP) is -2.41. The SMILES string of the molecule is CC(O)C(NC(=O)C(CS)NC(=O)C(N)CC(=O)O)C(=O)NC(Cc1ccc(O)cc1)C(=O)O. The maximum Gasteiger partial charge on any atom is 0.326 e. The molecule has 0 aliphatic rings. The van der Waals surface area contributed by atoms with Crippen LogP contribution in [-0.4, -0.2) is 86.1 Å². The molecule has 0 radical (unpaired) electrons. The van der Waals surface area contributed by atoms with Crippen LogP contribution in [0.15, 0.2) is 24.3 Å². The van der Waals surface area contributed by atoms with Crippen LogP contribution < -0.4 is 21.7 Å². The van der Waals surface area contributed by atoms with Gasteiger partial charge in [-0.15, -0.1) is 0 Å². The molecule has 14 heteroatoms. The van der Waals surface area contributed by atoms with Crippen molar-refractivity contribution >= 4 is 42.3 Å². The fourth-order valence-corrected chi connectivity index (χ4v) is 3.00. The molecule has 1 rings (SSSR count). The van der Waals surface area contributed by atoms with Crippen LogP contribution in [-0.2, 0) is 30.4 Å². The van der Waals surface area contributed by atoms with Crippen molar-refractivity contribution < 1.29 is 44.4 Å². The number of carbonyl (C=O) groups is 5. The van der Waals surface area contributed by atoms with Gasteiger partial charge in [-0.1, -0.05) is 12.1 Å². The minimum Gasteiger partial charge on any atom is -0.508 e. The Morgan fingerprint density at radius 1 is 0.941 bits per heavy atom. The third kappa shape index (κ3) is 9.25. The first kappa shape index (κ1) is 28.7. The number of nitrogens with two attached hydrogens (primary N) is 1. The molecule has 0 saturated heterocycles. The van der Waals surface area contributed by atoms with Crippen LogP contribution in [0, 0.1) is 0 Å². The van der Waals surface area contributed by atoms with E-state index in [4.69, 9.17) is 10.8 Å². The zero-order valence-electron chi connectivity index (χ0n) is 18.2. The van der Waals surface area contributed by atoms with Gasteiger partial charge in [-0.05, 0) is 24.6 Å². The van der Waals surface area contributed by atoms with Crippen LogP contribution in [0.5, 0.6) is 5.75 Å². The van der Waals surface area contributed by atoms with Crippen molar-refractivity contribution in [2.45, 2.75) is 50.0 Å². The van der Waals surface area contributed by atoms with Crippen LogP contribution in [0.3, 0.4) is 0 Å². The Morgan fingerprint density at radius 2 is 1.50 bits per heavy atom. The normalized spacial score (nSPS) is 15.2. The Labute approximate surface area is 200 Å². The van der Waals surface area contributed by atoms with Crippen molar-refractivity contribution in [3.8, 4) is 5.75 Å². The number of carboxylic acid groups (broad SMARTS) is 2. The minimum atomic E-state index is -1.58. The average molecular weight is 501 g/mol. The van der Waals surface area contributed by atoms with Gasteiger partial charge in [0.1, 0.15) is 23.9 Å². The molecule has 188 valence electrons. The quantitative estimate of drug-likeness (QED) is 0.130. The number of aliphatic hydroxyl groups is 1. The number of nitrogens with one attached hydrogen (secondary N) is 3. The third-order valence-corrected chi connectivity index (χ3v) is 4.97. The molecule has 0 heterocycles. The lowest BCUT2D eigenvalue weighted by atomic mass is 10.0. The molecule has 0 aliphatic heterocycles. The van der Waals surface area contributed by atoms with Gasteiger partial charge in [0.25, 0.3) is 0 Å². The molecule has 5 unspecified atom stereocenters. The molecule has 1 aromatic carbocycles. The number of phenolic OH excluding ortho intramolecular Hbond substituents is 1. The molecule has 0 saturated carbocycles. The zero-order valence-corrected chi connectivity index (χ0v) is 19.1. The van der Waals surface area contributed by atoms with E-state index in [0.29, 0.717) is 5.56 Å². The monoisotopic (exact) mass is 500 g/mol. The standard InChI is InChI=1S/C20H28N4O9S/c1-9(25)16(24-18(30)14(8-34)23-17(29)12(21)7-15(27)28)19(31)22-13(20(32)33)6-10-2-4-11(26)5-3-10/h2-5,9,12-14,16,25-26,34H,6-8,21H2,1H3,(H,22,31)(H,23,29)(H,24,30)(H,27,28)(H,32,33). The molecule has 0 aromatic heterocycles. The van der Waals surface area contributed by atoms with Gasteiger partial charge in [-0.25, -0.2) is 4.79 Å². The van der Waals surface area contributed by atoms with Crippen LogP contribution in [0.4, 0.5) is 0 Å². The second-order valence-electron chi connectivity index (χ2n) is 7.44. The molecule has 1 aromatic rings. The molecule has 34 heavy (non-hydrogen) atoms. The van der Waals surface area contributed by atoms with E-state index in [-0.39, 0.29) is 17.9 Å². The lowest BCUT2D eigenvalue weighted by Gasteiger charge is -2.26. The van der Waals surface area contributed by atoms with Crippen LogP contribution in [0.25, 0.3) is 0 Å². The summed E-state index contributed by atoms with van der Waals surface area (Å²) in [5.74, 6) is -5.82. The number of benzene rings is 1. The first-order chi connectivity index (χ1) is 15.8. The van der Waals surface area contributed by atoms with Crippen molar-refractivity contribution in [2.24, 2.45) is 5.73 Å². The molecule has 13 nitrogen and oxygen atoms in total. The highest BCUT2D eigenvalue weighted by Gasteiger charge is 2.32. The number of hydrogen-bond donors (Lipinski definition) is 9. The summed E-state index contributed by atoms with van der Waals surface area (Å²) in [5.41, 5.74) is 5.95. The summed E-state index contributed by atoms with van der Waals surface area (Å²) in [6.45, 7) is 1.19. The maximum atomic E-state index is 12.7. The summed E-state index contributed by atoms with van der Waals surface area (Å²) in [5, 5.41) is 44.1. The summed E-state index contributed by atoms with van der Waals surface area (Å²) in [6.07, 6.45) is -2.26. The molecule has 0 spiro atoms. The van der Waals surface area contributed by atoms with E-state index in [1.54, 1.807) is 0 Å². The van der Waals surface area contributed by atoms with Gasteiger partial charge in [-0.2, -0.15) is 12.6 Å². The highest BCUT2D eigenvalue weighted by atomic mass is 32.1. The number of hydrogen-bond acceptors (Lipinski definition) is 9. The minimum absolute atomic E-state index is 0.0220. The van der Waals surface area contributed by atoms with Gasteiger partial charge in [0.05, 0.1) is 18.6 Å². The van der Waals surface area contributed by atoms with Gasteiger partial charge >= 0.3 is 11.9 Å². The Morgan fingerprint density at radius 3 is 1.97 bits per heavy atom. The summed E-state index contributed by atoms with van der Waals surface area (Å²) in [7, 11) is 0. The highest BCUT2D eigenvalue weighted by Crippen LogP contribution is 2.12. The Balaban J connectivity index is 2.87. The molecule has 0 bridgehead atoms. The summed E-state index contributed by atoms with van der Waals surface area (Å²) in [4.78, 5) is 59.5. The molecular formula is C20H28N4O9S. The van der Waals surface area contributed by atoms with Gasteiger partial charge in [0.2, 0.25) is 17.7 Å². The van der Waals surface area contributed by atoms with Gasteiger partial charge in [-0.3, -0.25) is 19.2 Å². The van der Waals surface area contributed by atoms with Gasteiger partial charge < -0.3 is 42.1 Å². The van der Waals surface area contributed by atoms with E-state index < -0.39 is 66.4 Å². The Hall–Kier alpha value is -3.36. The predicted molar refractivity (Wildman–Crippen MR) is 121 cm³/mol. The summed E-state index contributed by atoms with van der Waals surface area (Å²) >= 11 is 3.95. The highest BCUT2D eigenvalue weighted by molar-refractivity contribution is 7.80. The molecule has 3 amide bonds. The van der Waals surface area contributed by atoms with E-state index in [0.717, 1.165) is 0 Å². The van der Waals surface area contributed by atoms with Crippen molar-refractivity contribution in [3.63, 3.8) is 0 Å². The average Bonchev–Trinajstić information content (AvgIpc) is 2.75. The number of thiol groups is 1. The number of aliphatic hydroxyl groups excluding tert-OH is 1. The molecule has 9 N–H and O–H groups in total. The van der Waals surface area contributed by atoms with Crippen molar-refractivity contribution in [1.29, 1.82) is 0 Å². The largest absolute Gasteiger partial charge is 0.508 e. The number of phenols is 1. The van der Waals surface area contributed by atoms with E-state index in [9.17, 15) is 39.3 Å². The van der Waals surface area contributed by atoms with Gasteiger partial charge in [0, 0.05) is 12.2 Å². The smallest absolute Gasteiger partial charge is 0.326 e. The Bertz CT molecular complexity index is 895. The third-order valence-electron chi connectivity index (χ3n) is 4.60. The zero-order chi connectivity index (χ0) is 26.0. The number of rotatable bonds is 13. The number of carboxylic acids is 2. The number of carbonyl (C=O) groups excluding carboxylic acids is 3. The van der Waals surface area contributed by atoms with Crippen LogP contribution in [0.1, 0.15) is 18.9 Å². The molecular weight excluding hydrogens is 472 g/mol. The van der Waals surface area contributed by atoms with Gasteiger partial charge in [0.15, 0.2) is 0 Å². The Kier molecular flexibility index (Phi) is 11.3. The molecule has 0 aliphatic carbocycles.